The van der Waals surface area contributed by atoms with E-state index in [-0.39, 0.29) is 11.2 Å². The first-order valence-electron chi connectivity index (χ1n) is 20.1. The molecule has 1 aromatic heterocycles. The third kappa shape index (κ3) is 4.90. The van der Waals surface area contributed by atoms with Crippen molar-refractivity contribution in [3.63, 3.8) is 0 Å². The van der Waals surface area contributed by atoms with Gasteiger partial charge in [0, 0.05) is 38.6 Å². The largest absolute Gasteiger partial charge is 0.310 e. The lowest BCUT2D eigenvalue weighted by atomic mass is 9.75. The van der Waals surface area contributed by atoms with E-state index in [4.69, 9.17) is 0 Å². The fourth-order valence-electron chi connectivity index (χ4n) is 10.2. The molecule has 2 nitrogen and oxygen atoms in total. The third-order valence-electron chi connectivity index (χ3n) is 12.8. The van der Waals surface area contributed by atoms with Crippen molar-refractivity contribution in [2.24, 2.45) is 0 Å². The Kier molecular flexibility index (Phi) is 7.18. The number of para-hydroxylation sites is 1. The molecular formula is C55H37FN2. The highest BCUT2D eigenvalue weighted by Gasteiger charge is 2.47. The van der Waals surface area contributed by atoms with Gasteiger partial charge in [-0.05, 0) is 136 Å². The van der Waals surface area contributed by atoms with E-state index in [1.807, 2.05) is 12.1 Å². The van der Waals surface area contributed by atoms with Gasteiger partial charge in [0.1, 0.15) is 5.82 Å². The van der Waals surface area contributed by atoms with E-state index in [1.165, 1.54) is 67.1 Å². The van der Waals surface area contributed by atoms with E-state index in [2.05, 4.69) is 185 Å². The SMILES string of the molecule is Fc1ccc(-n2c3ccccc3c3cc(-c4ccc(N(c5ccc6c(c5)C5(Cc7ccccc7C5)c5ccccc5-6)c5cccc6ccccc56)cc4)ccc32)cc1. The average molecular weight is 745 g/mol. The Bertz CT molecular complexity index is 3220. The third-order valence-corrected chi connectivity index (χ3v) is 12.8. The summed E-state index contributed by atoms with van der Waals surface area (Å²) in [5, 5.41) is 4.76. The van der Waals surface area contributed by atoms with Gasteiger partial charge in [0.25, 0.3) is 0 Å². The first kappa shape index (κ1) is 33.0. The molecule has 0 fully saturated rings. The van der Waals surface area contributed by atoms with E-state index in [1.54, 1.807) is 0 Å². The monoisotopic (exact) mass is 744 g/mol. The lowest BCUT2D eigenvalue weighted by Crippen LogP contribution is -2.26. The lowest BCUT2D eigenvalue weighted by Gasteiger charge is -2.30. The van der Waals surface area contributed by atoms with Gasteiger partial charge in [-0.2, -0.15) is 0 Å². The second-order valence-corrected chi connectivity index (χ2v) is 15.9. The first-order valence-corrected chi connectivity index (χ1v) is 20.1. The van der Waals surface area contributed by atoms with Crippen LogP contribution in [0.5, 0.6) is 0 Å². The Morgan fingerprint density at radius 1 is 0.448 bits per heavy atom. The summed E-state index contributed by atoms with van der Waals surface area (Å²) >= 11 is 0. The second kappa shape index (κ2) is 12.6. The molecule has 1 spiro atoms. The van der Waals surface area contributed by atoms with E-state index >= 15 is 0 Å². The molecule has 9 aromatic carbocycles. The van der Waals surface area contributed by atoms with Crippen LogP contribution in [0.3, 0.4) is 0 Å². The van der Waals surface area contributed by atoms with Gasteiger partial charge in [-0.15, -0.1) is 0 Å². The number of anilines is 3. The molecule has 0 bridgehead atoms. The van der Waals surface area contributed by atoms with Gasteiger partial charge < -0.3 is 9.47 Å². The number of benzene rings is 9. The molecule has 3 heteroatoms. The Labute approximate surface area is 336 Å². The minimum atomic E-state index is -0.236. The zero-order valence-corrected chi connectivity index (χ0v) is 31.7. The van der Waals surface area contributed by atoms with Crippen LogP contribution < -0.4 is 4.90 Å². The van der Waals surface area contributed by atoms with Gasteiger partial charge in [-0.3, -0.25) is 0 Å². The summed E-state index contributed by atoms with van der Waals surface area (Å²) in [5.41, 5.74) is 17.2. The maximum Gasteiger partial charge on any atom is 0.123 e. The van der Waals surface area contributed by atoms with Crippen LogP contribution >= 0.6 is 0 Å². The molecule has 0 amide bonds. The van der Waals surface area contributed by atoms with Crippen LogP contribution in [0.4, 0.5) is 21.5 Å². The topological polar surface area (TPSA) is 8.17 Å². The summed E-state index contributed by atoms with van der Waals surface area (Å²) in [6.07, 6.45) is 2.01. The number of hydrogen-bond acceptors (Lipinski definition) is 1. The predicted molar refractivity (Wildman–Crippen MR) is 238 cm³/mol. The Morgan fingerprint density at radius 2 is 1.09 bits per heavy atom. The summed E-state index contributed by atoms with van der Waals surface area (Å²) in [6.45, 7) is 0. The van der Waals surface area contributed by atoms with Gasteiger partial charge in [-0.25, -0.2) is 4.39 Å². The molecule has 2 aliphatic rings. The van der Waals surface area contributed by atoms with Crippen molar-refractivity contribution in [2.75, 3.05) is 4.90 Å². The van der Waals surface area contributed by atoms with Crippen molar-refractivity contribution in [3.05, 3.63) is 228 Å². The van der Waals surface area contributed by atoms with E-state index < -0.39 is 0 Å². The highest BCUT2D eigenvalue weighted by molar-refractivity contribution is 6.10. The highest BCUT2D eigenvalue weighted by Crippen LogP contribution is 2.56. The second-order valence-electron chi connectivity index (χ2n) is 15.9. The smallest absolute Gasteiger partial charge is 0.123 e. The molecule has 0 saturated carbocycles. The van der Waals surface area contributed by atoms with Gasteiger partial charge in [0.15, 0.2) is 0 Å². The quantitative estimate of drug-likeness (QED) is 0.170. The van der Waals surface area contributed by atoms with E-state index in [0.717, 1.165) is 57.8 Å². The van der Waals surface area contributed by atoms with Crippen LogP contribution in [0.2, 0.25) is 0 Å². The number of fused-ring (bicyclic) bond motifs is 10. The minimum Gasteiger partial charge on any atom is -0.310 e. The van der Waals surface area contributed by atoms with Gasteiger partial charge >= 0.3 is 0 Å². The van der Waals surface area contributed by atoms with Crippen LogP contribution in [0.25, 0.3) is 60.5 Å². The predicted octanol–water partition coefficient (Wildman–Crippen LogP) is 14.3. The number of nitrogens with zero attached hydrogens (tertiary/aromatic N) is 2. The van der Waals surface area contributed by atoms with Crippen molar-refractivity contribution in [2.45, 2.75) is 18.3 Å². The fraction of sp³-hybridized carbons (Fsp3) is 0.0545. The van der Waals surface area contributed by atoms with Crippen molar-refractivity contribution in [3.8, 4) is 27.9 Å². The maximum absolute atomic E-state index is 13.9. The number of rotatable bonds is 5. The number of aromatic nitrogens is 1. The molecule has 10 aromatic rings. The van der Waals surface area contributed by atoms with Crippen LogP contribution in [0.15, 0.2) is 200 Å². The average Bonchev–Trinajstić information content (AvgIpc) is 3.92. The van der Waals surface area contributed by atoms with Gasteiger partial charge in [0.2, 0.25) is 0 Å². The summed E-state index contributed by atoms with van der Waals surface area (Å²) in [6, 6.07) is 71.6. The molecule has 0 atom stereocenters. The molecular weight excluding hydrogens is 708 g/mol. The zero-order valence-electron chi connectivity index (χ0n) is 31.7. The minimum absolute atomic E-state index is 0.0988. The zero-order chi connectivity index (χ0) is 38.4. The van der Waals surface area contributed by atoms with Crippen molar-refractivity contribution >= 4 is 49.6 Å². The Hall–Kier alpha value is -7.23. The summed E-state index contributed by atoms with van der Waals surface area (Å²) in [4.78, 5) is 2.45. The molecule has 2 aliphatic carbocycles. The fourth-order valence-corrected chi connectivity index (χ4v) is 10.2. The Balaban J connectivity index is 0.996. The van der Waals surface area contributed by atoms with Crippen LogP contribution in [0.1, 0.15) is 22.3 Å². The molecule has 0 unspecified atom stereocenters. The summed E-state index contributed by atoms with van der Waals surface area (Å²) in [5.74, 6) is -0.236. The van der Waals surface area contributed by atoms with Gasteiger partial charge in [-0.1, -0.05) is 127 Å². The molecule has 12 rings (SSSR count). The first-order chi connectivity index (χ1) is 28.6. The molecule has 0 aliphatic heterocycles. The van der Waals surface area contributed by atoms with E-state index in [0.29, 0.717) is 0 Å². The lowest BCUT2D eigenvalue weighted by molar-refractivity contribution is 0.563. The molecule has 58 heavy (non-hydrogen) atoms. The van der Waals surface area contributed by atoms with Crippen LogP contribution in [-0.2, 0) is 18.3 Å². The Morgan fingerprint density at radius 3 is 1.91 bits per heavy atom. The van der Waals surface area contributed by atoms with Crippen molar-refractivity contribution < 1.29 is 4.39 Å². The molecule has 274 valence electrons. The number of hydrogen-bond donors (Lipinski definition) is 0. The van der Waals surface area contributed by atoms with Crippen molar-refractivity contribution in [1.82, 2.24) is 4.57 Å². The summed E-state index contributed by atoms with van der Waals surface area (Å²) < 4.78 is 16.2. The maximum atomic E-state index is 13.9. The molecule has 1 heterocycles. The molecule has 0 radical (unpaired) electrons. The van der Waals surface area contributed by atoms with Crippen LogP contribution in [-0.4, -0.2) is 4.57 Å². The standard InChI is InChI=1S/C55H37FN2/c56-41-23-27-43(28-24-41)58-53-18-8-6-16-48(53)49-32-38(22-31-54(49)58)36-20-25-42(26-21-36)57(52-19-9-13-37-10-3-4-14-45(37)52)44-29-30-47-46-15-5-7-17-50(46)55(51(47)33-44)34-39-11-1-2-12-40(39)35-55/h1-33H,34-35H2. The molecule has 0 saturated heterocycles. The van der Waals surface area contributed by atoms with Gasteiger partial charge in [0.05, 0.1) is 16.7 Å². The highest BCUT2D eigenvalue weighted by atomic mass is 19.1. The number of halogens is 1. The van der Waals surface area contributed by atoms with Crippen LogP contribution in [0, 0.1) is 5.82 Å². The van der Waals surface area contributed by atoms with Crippen molar-refractivity contribution in [1.29, 1.82) is 0 Å². The van der Waals surface area contributed by atoms with E-state index in [9.17, 15) is 4.39 Å². The summed E-state index contributed by atoms with van der Waals surface area (Å²) in [7, 11) is 0. The molecule has 0 N–H and O–H groups in total. The normalized spacial score (nSPS) is 13.6.